The topological polar surface area (TPSA) is 116 Å². The predicted octanol–water partition coefficient (Wildman–Crippen LogP) is 2.78. The van der Waals surface area contributed by atoms with Crippen molar-refractivity contribution in [1.82, 2.24) is 35.3 Å². The Balaban J connectivity index is 0.963. The van der Waals surface area contributed by atoms with Crippen LogP contribution in [0.2, 0.25) is 0 Å². The lowest BCUT2D eigenvalue weighted by Crippen LogP contribution is -2.50. The zero-order valence-corrected chi connectivity index (χ0v) is 26.9. The van der Waals surface area contributed by atoms with Crippen molar-refractivity contribution >= 4 is 29.5 Å². The quantitative estimate of drug-likeness (QED) is 0.287. The molecule has 2 N–H and O–H groups in total. The van der Waals surface area contributed by atoms with Crippen LogP contribution in [0, 0.1) is 11.2 Å². The number of likely N-dealkylation sites (tertiary alicyclic amines) is 1. The highest BCUT2D eigenvalue weighted by Gasteiger charge is 2.45. The first-order valence-electron chi connectivity index (χ1n) is 16.3. The monoisotopic (exact) mass is 647 g/mol. The average molecular weight is 648 g/mol. The molecule has 0 saturated carbocycles. The number of methoxy groups -OCH3 is 1. The van der Waals surface area contributed by atoms with Gasteiger partial charge in [0.2, 0.25) is 11.8 Å². The minimum absolute atomic E-state index is 0.0616. The van der Waals surface area contributed by atoms with Gasteiger partial charge < -0.3 is 15.0 Å². The molecular weight excluding hydrogens is 609 g/mol. The minimum Gasteiger partial charge on any atom is -0.384 e. The molecule has 0 bridgehead atoms. The van der Waals surface area contributed by atoms with Crippen LogP contribution in [0.1, 0.15) is 24.8 Å². The maximum atomic E-state index is 13.8. The highest BCUT2D eigenvalue weighted by Crippen LogP contribution is 2.32. The van der Waals surface area contributed by atoms with Gasteiger partial charge in [0.1, 0.15) is 5.82 Å². The van der Waals surface area contributed by atoms with Gasteiger partial charge in [-0.05, 0) is 67.3 Å². The Labute approximate surface area is 278 Å². The number of carbonyl (C=O) groups is 2. The number of H-pyrrole nitrogens is 1. The van der Waals surface area contributed by atoms with Crippen LogP contribution in [0.25, 0.3) is 40.4 Å². The predicted molar refractivity (Wildman–Crippen MR) is 181 cm³/mol. The number of halogens is 1. The van der Waals surface area contributed by atoms with Crippen LogP contribution in [0.15, 0.2) is 73.1 Å². The Morgan fingerprint density at radius 3 is 2.50 bits per heavy atom. The Bertz CT molecular complexity index is 1940. The Kier molecular flexibility index (Phi) is 8.96. The first kappa shape index (κ1) is 31.6. The second kappa shape index (κ2) is 13.6. The zero-order valence-electron chi connectivity index (χ0n) is 26.9. The van der Waals surface area contributed by atoms with E-state index >= 15 is 0 Å². The molecule has 1 aliphatic carbocycles. The van der Waals surface area contributed by atoms with E-state index in [0.29, 0.717) is 50.5 Å². The van der Waals surface area contributed by atoms with E-state index in [1.807, 2.05) is 29.2 Å². The van der Waals surface area contributed by atoms with Crippen molar-refractivity contribution in [2.75, 3.05) is 46.4 Å². The number of hydrogen-bond donors (Lipinski definition) is 2. The average Bonchev–Trinajstić information content (AvgIpc) is 3.74. The molecule has 246 valence electrons. The largest absolute Gasteiger partial charge is 0.384 e. The molecule has 2 amide bonds. The summed E-state index contributed by atoms with van der Waals surface area (Å²) in [6, 6.07) is 16.0. The van der Waals surface area contributed by atoms with Crippen molar-refractivity contribution in [3.63, 3.8) is 0 Å². The Morgan fingerprint density at radius 2 is 1.77 bits per heavy atom. The number of fused-ring (bicyclic) bond motifs is 1. The number of benzene rings is 2. The molecule has 2 aromatic carbocycles. The zero-order chi connectivity index (χ0) is 33.1. The summed E-state index contributed by atoms with van der Waals surface area (Å²) < 4.78 is 19.1. The molecular formula is C37H38FN7O3. The summed E-state index contributed by atoms with van der Waals surface area (Å²) in [5.74, 6) is 0.369. The molecule has 0 spiro atoms. The van der Waals surface area contributed by atoms with E-state index in [9.17, 15) is 14.0 Å². The van der Waals surface area contributed by atoms with Crippen molar-refractivity contribution in [3.8, 4) is 22.6 Å². The molecule has 10 nitrogen and oxygen atoms in total. The van der Waals surface area contributed by atoms with Crippen LogP contribution in [0.4, 0.5) is 4.39 Å². The van der Waals surface area contributed by atoms with Crippen molar-refractivity contribution in [2.45, 2.75) is 25.3 Å². The van der Waals surface area contributed by atoms with Crippen LogP contribution < -0.4 is 15.9 Å². The van der Waals surface area contributed by atoms with E-state index in [4.69, 9.17) is 4.74 Å². The van der Waals surface area contributed by atoms with Crippen LogP contribution in [0.3, 0.4) is 0 Å². The maximum Gasteiger partial charge on any atom is 0.237 e. The van der Waals surface area contributed by atoms with E-state index in [-0.39, 0.29) is 36.8 Å². The summed E-state index contributed by atoms with van der Waals surface area (Å²) in [7, 11) is 1.61. The van der Waals surface area contributed by atoms with Crippen molar-refractivity contribution < 1.29 is 18.7 Å². The molecule has 2 aromatic heterocycles. The van der Waals surface area contributed by atoms with Crippen molar-refractivity contribution in [1.29, 1.82) is 0 Å². The standard InChI is InChI=1S/C37H38FN7O3/c1-48-24-37(36(47)41-30-11-12-32-31(21-30)34(43-42-32)27-7-9-29(38)10-8-27)15-20-44(23-37)22-33(46)45-18-13-26(14-19-45)25-3-5-28(6-4-25)35-39-16-2-17-40-35/h2-10,12-13,16-17,21,30,42H,11,14-15,18-20,22-24H2,1H3,(H,41,47)/t30?,37-/m1/s1. The van der Waals surface area contributed by atoms with Gasteiger partial charge in [0.15, 0.2) is 5.82 Å². The molecule has 3 aliphatic rings. The van der Waals surface area contributed by atoms with Gasteiger partial charge in [-0.3, -0.25) is 19.6 Å². The van der Waals surface area contributed by atoms with E-state index in [2.05, 4.69) is 48.6 Å². The molecule has 4 aromatic rings. The highest BCUT2D eigenvalue weighted by atomic mass is 19.1. The van der Waals surface area contributed by atoms with Gasteiger partial charge in [0, 0.05) is 55.5 Å². The molecule has 4 heterocycles. The fourth-order valence-electron chi connectivity index (χ4n) is 6.92. The molecule has 1 fully saturated rings. The Morgan fingerprint density at radius 1 is 1.02 bits per heavy atom. The van der Waals surface area contributed by atoms with Gasteiger partial charge in [-0.2, -0.15) is 5.10 Å². The van der Waals surface area contributed by atoms with Gasteiger partial charge in [0.25, 0.3) is 0 Å². The van der Waals surface area contributed by atoms with Crippen LogP contribution in [-0.4, -0.2) is 94.3 Å². The van der Waals surface area contributed by atoms with Gasteiger partial charge >= 0.3 is 0 Å². The number of ether oxygens (including phenoxy) is 1. The van der Waals surface area contributed by atoms with E-state index in [0.717, 1.165) is 33.7 Å². The van der Waals surface area contributed by atoms with Crippen molar-refractivity contribution in [2.24, 2.45) is 5.41 Å². The van der Waals surface area contributed by atoms with Crippen LogP contribution >= 0.6 is 0 Å². The smallest absolute Gasteiger partial charge is 0.237 e. The third kappa shape index (κ3) is 6.56. The third-order valence-corrected chi connectivity index (χ3v) is 9.55. The lowest BCUT2D eigenvalue weighted by molar-refractivity contribution is -0.135. The fraction of sp³-hybridized carbons (Fsp3) is 0.324. The molecule has 2 aliphatic heterocycles. The van der Waals surface area contributed by atoms with E-state index < -0.39 is 5.41 Å². The molecule has 2 atom stereocenters. The van der Waals surface area contributed by atoms with Gasteiger partial charge in [-0.1, -0.05) is 42.5 Å². The molecule has 7 rings (SSSR count). The number of hydrogen-bond acceptors (Lipinski definition) is 7. The lowest BCUT2D eigenvalue weighted by Gasteiger charge is -2.31. The third-order valence-electron chi connectivity index (χ3n) is 9.55. The number of rotatable bonds is 9. The first-order valence-corrected chi connectivity index (χ1v) is 16.3. The molecule has 0 radical (unpaired) electrons. The van der Waals surface area contributed by atoms with E-state index in [1.54, 1.807) is 37.7 Å². The first-order chi connectivity index (χ1) is 23.4. The second-order valence-electron chi connectivity index (χ2n) is 12.7. The molecule has 1 unspecified atom stereocenters. The molecule has 48 heavy (non-hydrogen) atoms. The van der Waals surface area contributed by atoms with Gasteiger partial charge in [-0.15, -0.1) is 0 Å². The lowest BCUT2D eigenvalue weighted by atomic mass is 9.86. The SMILES string of the molecule is COC[C@@]1(C(=O)NC2C=c3c(-c4ccc(F)cc4)n[nH]c3=CC2)CCN(CC(=O)N2CC=C(c3ccc(-c4ncccn4)cc3)CC2)C1. The number of aromatic nitrogens is 4. The number of amides is 2. The number of nitrogens with one attached hydrogen (secondary N) is 2. The van der Waals surface area contributed by atoms with Crippen molar-refractivity contribution in [3.05, 3.63) is 95.0 Å². The molecule has 11 heteroatoms. The van der Waals surface area contributed by atoms with Crippen LogP contribution in [0.5, 0.6) is 0 Å². The second-order valence-corrected chi connectivity index (χ2v) is 12.7. The Hall–Kier alpha value is -5.00. The van der Waals surface area contributed by atoms with E-state index in [1.165, 1.54) is 17.7 Å². The molecule has 1 saturated heterocycles. The maximum absolute atomic E-state index is 13.8. The summed E-state index contributed by atoms with van der Waals surface area (Å²) in [5.41, 5.74) is 4.08. The van der Waals surface area contributed by atoms with Gasteiger partial charge in [-0.25, -0.2) is 14.4 Å². The minimum atomic E-state index is -0.759. The van der Waals surface area contributed by atoms with Crippen LogP contribution in [-0.2, 0) is 14.3 Å². The number of aromatic amines is 1. The normalized spacial score (nSPS) is 20.8. The number of nitrogens with zero attached hydrogens (tertiary/aromatic N) is 5. The number of carbonyl (C=O) groups excluding carboxylic acids is 2. The highest BCUT2D eigenvalue weighted by molar-refractivity contribution is 5.85. The summed E-state index contributed by atoms with van der Waals surface area (Å²) >= 11 is 0. The summed E-state index contributed by atoms with van der Waals surface area (Å²) in [4.78, 5) is 39.8. The van der Waals surface area contributed by atoms with Gasteiger partial charge in [0.05, 0.1) is 35.7 Å². The fourth-order valence-corrected chi connectivity index (χ4v) is 6.92. The summed E-state index contributed by atoms with van der Waals surface area (Å²) in [5, 5.41) is 12.5. The summed E-state index contributed by atoms with van der Waals surface area (Å²) in [6.45, 7) is 2.81. The summed E-state index contributed by atoms with van der Waals surface area (Å²) in [6.07, 6.45) is 11.6.